The lowest BCUT2D eigenvalue weighted by Gasteiger charge is -2.04. The third kappa shape index (κ3) is 1.85. The first-order valence-corrected chi connectivity index (χ1v) is 4.57. The Morgan fingerprint density at radius 1 is 1.47 bits per heavy atom. The van der Waals surface area contributed by atoms with Crippen molar-refractivity contribution in [2.45, 2.75) is 0 Å². The van der Waals surface area contributed by atoms with Crippen molar-refractivity contribution in [1.29, 1.82) is 0 Å². The first-order chi connectivity index (χ1) is 7.18. The van der Waals surface area contributed by atoms with Crippen LogP contribution < -0.4 is 0 Å². The lowest BCUT2D eigenvalue weighted by molar-refractivity contribution is 0.0697. The molecule has 0 spiro atoms. The fourth-order valence-electron chi connectivity index (χ4n) is 1.25. The number of carboxylic acid groups (broad SMARTS) is 1. The van der Waals surface area contributed by atoms with Crippen molar-refractivity contribution in [3.05, 3.63) is 47.5 Å². The molecule has 0 radical (unpaired) electrons. The summed E-state index contributed by atoms with van der Waals surface area (Å²) in [6.45, 7) is 0. The SMILES string of the molecule is O=C(O)c1ccc(-n2ccnc2)cc1Cl. The average molecular weight is 223 g/mol. The Labute approximate surface area is 90.8 Å². The first kappa shape index (κ1) is 9.73. The average Bonchev–Trinajstić information content (AvgIpc) is 2.69. The fourth-order valence-corrected chi connectivity index (χ4v) is 1.51. The molecule has 15 heavy (non-hydrogen) atoms. The number of hydrogen-bond acceptors (Lipinski definition) is 2. The van der Waals surface area contributed by atoms with E-state index in [0.29, 0.717) is 0 Å². The number of aromatic nitrogens is 2. The second-order valence-electron chi connectivity index (χ2n) is 2.94. The predicted molar refractivity (Wildman–Crippen MR) is 55.5 cm³/mol. The standard InChI is InChI=1S/C10H7ClN2O2/c11-9-5-7(13-4-3-12-6-13)1-2-8(9)10(14)15/h1-6H,(H,14,15). The lowest BCUT2D eigenvalue weighted by Crippen LogP contribution is -1.99. The monoisotopic (exact) mass is 222 g/mol. The van der Waals surface area contributed by atoms with Gasteiger partial charge < -0.3 is 9.67 Å². The number of halogens is 1. The Kier molecular flexibility index (Phi) is 2.43. The molecule has 4 nitrogen and oxygen atoms in total. The van der Waals surface area contributed by atoms with Crippen LogP contribution in [-0.4, -0.2) is 20.6 Å². The highest BCUT2D eigenvalue weighted by Gasteiger charge is 2.08. The van der Waals surface area contributed by atoms with Crippen LogP contribution in [0.25, 0.3) is 5.69 Å². The maximum absolute atomic E-state index is 10.7. The minimum absolute atomic E-state index is 0.0977. The quantitative estimate of drug-likeness (QED) is 0.848. The van der Waals surface area contributed by atoms with Gasteiger partial charge in [-0.15, -0.1) is 0 Å². The second-order valence-corrected chi connectivity index (χ2v) is 3.35. The van der Waals surface area contributed by atoms with Gasteiger partial charge in [0.1, 0.15) is 0 Å². The fraction of sp³-hybridized carbons (Fsp3) is 0. The molecule has 0 aliphatic heterocycles. The van der Waals surface area contributed by atoms with Crippen LogP contribution >= 0.6 is 11.6 Å². The molecular formula is C10H7ClN2O2. The van der Waals surface area contributed by atoms with Gasteiger partial charge in [0, 0.05) is 18.1 Å². The van der Waals surface area contributed by atoms with E-state index in [2.05, 4.69) is 4.98 Å². The molecule has 0 bridgehead atoms. The van der Waals surface area contributed by atoms with E-state index in [1.807, 2.05) is 0 Å². The maximum atomic E-state index is 10.7. The van der Waals surface area contributed by atoms with Crippen LogP contribution in [0.2, 0.25) is 5.02 Å². The molecule has 0 unspecified atom stereocenters. The molecule has 0 amide bonds. The van der Waals surface area contributed by atoms with E-state index >= 15 is 0 Å². The number of benzene rings is 1. The van der Waals surface area contributed by atoms with Crippen molar-refractivity contribution >= 4 is 17.6 Å². The summed E-state index contributed by atoms with van der Waals surface area (Å²) < 4.78 is 1.75. The Balaban J connectivity index is 2.47. The summed E-state index contributed by atoms with van der Waals surface area (Å²) in [6.07, 6.45) is 5.01. The van der Waals surface area contributed by atoms with Crippen LogP contribution in [0.1, 0.15) is 10.4 Å². The highest BCUT2D eigenvalue weighted by Crippen LogP contribution is 2.20. The lowest BCUT2D eigenvalue weighted by atomic mass is 10.2. The van der Waals surface area contributed by atoms with Gasteiger partial charge in [0.2, 0.25) is 0 Å². The third-order valence-electron chi connectivity index (χ3n) is 1.99. The number of imidazole rings is 1. The molecule has 0 saturated heterocycles. The van der Waals surface area contributed by atoms with Crippen molar-refractivity contribution < 1.29 is 9.90 Å². The number of nitrogens with zero attached hydrogens (tertiary/aromatic N) is 2. The summed E-state index contributed by atoms with van der Waals surface area (Å²) in [7, 11) is 0. The molecule has 5 heteroatoms. The zero-order valence-electron chi connectivity index (χ0n) is 7.59. The van der Waals surface area contributed by atoms with Gasteiger partial charge in [-0.3, -0.25) is 0 Å². The molecule has 0 fully saturated rings. The van der Waals surface area contributed by atoms with Crippen molar-refractivity contribution in [3.8, 4) is 5.69 Å². The Hall–Kier alpha value is -1.81. The topological polar surface area (TPSA) is 55.1 Å². The number of rotatable bonds is 2. The number of carboxylic acids is 1. The normalized spacial score (nSPS) is 10.2. The number of carbonyl (C=O) groups is 1. The van der Waals surface area contributed by atoms with E-state index in [-0.39, 0.29) is 10.6 Å². The van der Waals surface area contributed by atoms with Gasteiger partial charge >= 0.3 is 5.97 Å². The maximum Gasteiger partial charge on any atom is 0.337 e. The predicted octanol–water partition coefficient (Wildman–Crippen LogP) is 2.22. The molecule has 76 valence electrons. The minimum Gasteiger partial charge on any atom is -0.478 e. The minimum atomic E-state index is -1.03. The van der Waals surface area contributed by atoms with E-state index in [1.54, 1.807) is 35.4 Å². The van der Waals surface area contributed by atoms with Crippen molar-refractivity contribution in [3.63, 3.8) is 0 Å². The van der Waals surface area contributed by atoms with Crippen molar-refractivity contribution in [1.82, 2.24) is 9.55 Å². The third-order valence-corrected chi connectivity index (χ3v) is 2.30. The van der Waals surface area contributed by atoms with Gasteiger partial charge in [0.15, 0.2) is 0 Å². The smallest absolute Gasteiger partial charge is 0.337 e. The van der Waals surface area contributed by atoms with Gasteiger partial charge in [-0.1, -0.05) is 11.6 Å². The summed E-state index contributed by atoms with van der Waals surface area (Å²) in [4.78, 5) is 14.6. The highest BCUT2D eigenvalue weighted by atomic mass is 35.5. The van der Waals surface area contributed by atoms with Gasteiger partial charge in [0.05, 0.1) is 16.9 Å². The molecule has 0 aliphatic carbocycles. The second kappa shape index (κ2) is 3.74. The van der Waals surface area contributed by atoms with E-state index in [0.717, 1.165) is 5.69 Å². The molecule has 1 heterocycles. The molecular weight excluding hydrogens is 216 g/mol. The zero-order chi connectivity index (χ0) is 10.8. The molecule has 0 saturated carbocycles. The van der Waals surface area contributed by atoms with Gasteiger partial charge in [-0.2, -0.15) is 0 Å². The number of aromatic carboxylic acids is 1. The summed E-state index contributed by atoms with van der Waals surface area (Å²) in [5.41, 5.74) is 0.878. The van der Waals surface area contributed by atoms with Gasteiger partial charge in [-0.05, 0) is 18.2 Å². The molecule has 0 aliphatic rings. The Morgan fingerprint density at radius 3 is 2.80 bits per heavy atom. The summed E-state index contributed by atoms with van der Waals surface area (Å²) in [5, 5.41) is 9.00. The zero-order valence-corrected chi connectivity index (χ0v) is 8.35. The van der Waals surface area contributed by atoms with E-state index in [4.69, 9.17) is 16.7 Å². The van der Waals surface area contributed by atoms with Crippen LogP contribution in [0, 0.1) is 0 Å². The Morgan fingerprint density at radius 2 is 2.27 bits per heavy atom. The highest BCUT2D eigenvalue weighted by molar-refractivity contribution is 6.33. The van der Waals surface area contributed by atoms with E-state index in [9.17, 15) is 4.79 Å². The van der Waals surface area contributed by atoms with Crippen molar-refractivity contribution in [2.24, 2.45) is 0 Å². The van der Waals surface area contributed by atoms with Gasteiger partial charge in [0.25, 0.3) is 0 Å². The Bertz CT molecular complexity index is 494. The molecule has 2 rings (SSSR count). The summed E-state index contributed by atoms with van der Waals surface area (Å²) >= 11 is 5.83. The molecule has 1 aromatic carbocycles. The van der Waals surface area contributed by atoms with E-state index < -0.39 is 5.97 Å². The largest absolute Gasteiger partial charge is 0.478 e. The van der Waals surface area contributed by atoms with Crippen LogP contribution in [0.3, 0.4) is 0 Å². The molecule has 1 aromatic heterocycles. The summed E-state index contributed by atoms with van der Waals surface area (Å²) in [6, 6.07) is 4.74. The number of hydrogen-bond donors (Lipinski definition) is 1. The first-order valence-electron chi connectivity index (χ1n) is 4.19. The van der Waals surface area contributed by atoms with Crippen LogP contribution in [0.15, 0.2) is 36.9 Å². The van der Waals surface area contributed by atoms with Crippen LogP contribution in [0.4, 0.5) is 0 Å². The van der Waals surface area contributed by atoms with Crippen LogP contribution in [0.5, 0.6) is 0 Å². The van der Waals surface area contributed by atoms with Crippen LogP contribution in [-0.2, 0) is 0 Å². The molecule has 0 atom stereocenters. The summed E-state index contributed by atoms with van der Waals surface area (Å²) in [5.74, 6) is -1.03. The van der Waals surface area contributed by atoms with Gasteiger partial charge in [-0.25, -0.2) is 9.78 Å². The molecule has 2 aromatic rings. The van der Waals surface area contributed by atoms with E-state index in [1.165, 1.54) is 6.07 Å². The van der Waals surface area contributed by atoms with Crippen molar-refractivity contribution in [2.75, 3.05) is 0 Å². The molecule has 1 N–H and O–H groups in total.